The van der Waals surface area contributed by atoms with Crippen molar-refractivity contribution >= 4 is 11.3 Å². The Morgan fingerprint density at radius 3 is 2.77 bits per heavy atom. The smallest absolute Gasteiger partial charge is 0.289 e. The van der Waals surface area contributed by atoms with Gasteiger partial charge in [-0.2, -0.15) is 0 Å². The molecule has 1 unspecified atom stereocenters. The van der Waals surface area contributed by atoms with Crippen LogP contribution in [-0.2, 0) is 6.42 Å². The fourth-order valence-corrected chi connectivity index (χ4v) is 1.61. The van der Waals surface area contributed by atoms with Crippen LogP contribution in [0.1, 0.15) is 24.1 Å². The average Bonchev–Trinajstić information content (AvgIpc) is 2.52. The summed E-state index contributed by atoms with van der Waals surface area (Å²) in [6.45, 7) is 1.99. The zero-order chi connectivity index (χ0) is 9.84. The fraction of sp³-hybridized carbons (Fsp3) is 0.625. The van der Waals surface area contributed by atoms with E-state index in [2.05, 4.69) is 10.3 Å². The molecule has 0 spiro atoms. The summed E-state index contributed by atoms with van der Waals surface area (Å²) >= 11 is 1.02. The fourth-order valence-electron chi connectivity index (χ4n) is 0.932. The van der Waals surface area contributed by atoms with Crippen molar-refractivity contribution < 1.29 is 8.78 Å². The van der Waals surface area contributed by atoms with Crippen LogP contribution in [0.4, 0.5) is 8.78 Å². The maximum atomic E-state index is 12.1. The third-order valence-electron chi connectivity index (χ3n) is 1.76. The van der Waals surface area contributed by atoms with Gasteiger partial charge in [0.1, 0.15) is 0 Å². The number of likely N-dealkylation sites (N-methyl/N-ethyl adjacent to an activating group) is 1. The highest BCUT2D eigenvalue weighted by Crippen LogP contribution is 2.22. The predicted octanol–water partition coefficient (Wildman–Crippen LogP) is 2.23. The van der Waals surface area contributed by atoms with Crippen LogP contribution in [0.25, 0.3) is 0 Å². The number of nitrogens with one attached hydrogen (secondary N) is 1. The van der Waals surface area contributed by atoms with E-state index in [-0.39, 0.29) is 11.0 Å². The summed E-state index contributed by atoms with van der Waals surface area (Å²) in [5.41, 5.74) is 0.738. The van der Waals surface area contributed by atoms with Crippen LogP contribution in [0.2, 0.25) is 0 Å². The molecule has 0 aliphatic carbocycles. The highest BCUT2D eigenvalue weighted by atomic mass is 32.1. The van der Waals surface area contributed by atoms with Gasteiger partial charge in [0.05, 0.1) is 5.69 Å². The molecule has 1 atom stereocenters. The maximum Gasteiger partial charge on any atom is 0.289 e. The average molecular weight is 206 g/mol. The number of hydrogen-bond donors (Lipinski definition) is 1. The molecule has 1 rings (SSSR count). The normalized spacial score (nSPS) is 13.6. The Bertz CT molecular complexity index is 262. The molecule has 0 fully saturated rings. The number of aromatic nitrogens is 1. The van der Waals surface area contributed by atoms with Gasteiger partial charge in [-0.1, -0.05) is 0 Å². The highest BCUT2D eigenvalue weighted by Gasteiger charge is 2.12. The lowest BCUT2D eigenvalue weighted by atomic mass is 10.2. The van der Waals surface area contributed by atoms with E-state index >= 15 is 0 Å². The zero-order valence-corrected chi connectivity index (χ0v) is 8.37. The number of hydrogen-bond acceptors (Lipinski definition) is 3. The van der Waals surface area contributed by atoms with Crippen molar-refractivity contribution in [2.75, 3.05) is 7.05 Å². The summed E-state index contributed by atoms with van der Waals surface area (Å²) < 4.78 is 24.3. The molecule has 1 aromatic heterocycles. The Hall–Kier alpha value is -0.550. The maximum absolute atomic E-state index is 12.1. The van der Waals surface area contributed by atoms with Gasteiger partial charge >= 0.3 is 0 Å². The second kappa shape index (κ2) is 4.62. The lowest BCUT2D eigenvalue weighted by molar-refractivity contribution is 0.150. The molecular formula is C8H12F2N2S. The van der Waals surface area contributed by atoms with Crippen LogP contribution in [0.5, 0.6) is 0 Å². The molecule has 1 N–H and O–H groups in total. The van der Waals surface area contributed by atoms with Crippen LogP contribution >= 0.6 is 11.3 Å². The Morgan fingerprint density at radius 2 is 2.31 bits per heavy atom. The van der Waals surface area contributed by atoms with Crippen molar-refractivity contribution in [2.45, 2.75) is 25.8 Å². The van der Waals surface area contributed by atoms with Gasteiger partial charge in [0.25, 0.3) is 6.43 Å². The van der Waals surface area contributed by atoms with Crippen LogP contribution in [0, 0.1) is 0 Å². The summed E-state index contributed by atoms with van der Waals surface area (Å²) in [4.78, 5) is 3.83. The van der Waals surface area contributed by atoms with Crippen molar-refractivity contribution in [3.05, 3.63) is 16.1 Å². The van der Waals surface area contributed by atoms with Gasteiger partial charge < -0.3 is 5.32 Å². The van der Waals surface area contributed by atoms with Crippen LogP contribution in [-0.4, -0.2) is 18.1 Å². The van der Waals surface area contributed by atoms with E-state index in [1.807, 2.05) is 14.0 Å². The first-order valence-corrected chi connectivity index (χ1v) is 4.91. The first kappa shape index (κ1) is 10.5. The highest BCUT2D eigenvalue weighted by molar-refractivity contribution is 7.09. The van der Waals surface area contributed by atoms with Crippen LogP contribution < -0.4 is 5.32 Å². The van der Waals surface area contributed by atoms with E-state index in [1.165, 1.54) is 0 Å². The van der Waals surface area contributed by atoms with Crippen molar-refractivity contribution in [1.82, 2.24) is 10.3 Å². The molecule has 0 bridgehead atoms. The van der Waals surface area contributed by atoms with E-state index in [9.17, 15) is 8.78 Å². The number of alkyl halides is 2. The van der Waals surface area contributed by atoms with E-state index in [0.29, 0.717) is 6.42 Å². The number of thiazole rings is 1. The second-order valence-electron chi connectivity index (χ2n) is 2.87. The SMILES string of the molecule is CNC(C)Cc1csc(C(F)F)n1. The first-order chi connectivity index (χ1) is 6.13. The molecule has 0 aliphatic heterocycles. The molecule has 0 radical (unpaired) electrons. The minimum absolute atomic E-state index is 0.0849. The first-order valence-electron chi connectivity index (χ1n) is 4.03. The summed E-state index contributed by atoms with van der Waals surface area (Å²) in [5, 5.41) is 4.63. The largest absolute Gasteiger partial charge is 0.317 e. The molecular weight excluding hydrogens is 194 g/mol. The molecule has 0 saturated heterocycles. The molecule has 74 valence electrons. The van der Waals surface area contributed by atoms with Gasteiger partial charge in [0.2, 0.25) is 0 Å². The minimum Gasteiger partial charge on any atom is -0.317 e. The lowest BCUT2D eigenvalue weighted by Crippen LogP contribution is -2.23. The molecule has 0 saturated carbocycles. The van der Waals surface area contributed by atoms with Crippen LogP contribution in [0.15, 0.2) is 5.38 Å². The van der Waals surface area contributed by atoms with E-state index in [1.54, 1.807) is 5.38 Å². The monoisotopic (exact) mass is 206 g/mol. The van der Waals surface area contributed by atoms with Crippen molar-refractivity contribution in [3.63, 3.8) is 0 Å². The minimum atomic E-state index is -2.44. The van der Waals surface area contributed by atoms with Gasteiger partial charge in [-0.3, -0.25) is 0 Å². The van der Waals surface area contributed by atoms with Crippen molar-refractivity contribution in [1.29, 1.82) is 0 Å². The number of halogens is 2. The van der Waals surface area contributed by atoms with Gasteiger partial charge in [0.15, 0.2) is 5.01 Å². The van der Waals surface area contributed by atoms with Crippen LogP contribution in [0.3, 0.4) is 0 Å². The second-order valence-corrected chi connectivity index (χ2v) is 3.76. The Morgan fingerprint density at radius 1 is 1.62 bits per heavy atom. The van der Waals surface area contributed by atoms with E-state index < -0.39 is 6.43 Å². The molecule has 0 aromatic carbocycles. The third-order valence-corrected chi connectivity index (χ3v) is 2.67. The van der Waals surface area contributed by atoms with Gasteiger partial charge in [-0.15, -0.1) is 11.3 Å². The Labute approximate surface area is 80.0 Å². The standard InChI is InChI=1S/C8H12F2N2S/c1-5(11-2)3-6-4-13-8(12-6)7(9)10/h4-5,7,11H,3H2,1-2H3. The summed E-state index contributed by atoms with van der Waals surface area (Å²) in [5.74, 6) is 0. The van der Waals surface area contributed by atoms with E-state index in [0.717, 1.165) is 17.0 Å². The lowest BCUT2D eigenvalue weighted by Gasteiger charge is -2.06. The summed E-state index contributed by atoms with van der Waals surface area (Å²) in [7, 11) is 1.84. The Balaban J connectivity index is 2.58. The topological polar surface area (TPSA) is 24.9 Å². The Kier molecular flexibility index (Phi) is 3.74. The molecule has 13 heavy (non-hydrogen) atoms. The number of nitrogens with zero attached hydrogens (tertiary/aromatic N) is 1. The quantitative estimate of drug-likeness (QED) is 0.817. The summed E-state index contributed by atoms with van der Waals surface area (Å²) in [6.07, 6.45) is -1.75. The number of rotatable bonds is 4. The zero-order valence-electron chi connectivity index (χ0n) is 7.55. The van der Waals surface area contributed by atoms with Gasteiger partial charge in [-0.05, 0) is 14.0 Å². The predicted molar refractivity (Wildman–Crippen MR) is 49.3 cm³/mol. The molecule has 1 heterocycles. The molecule has 2 nitrogen and oxygen atoms in total. The third kappa shape index (κ3) is 3.00. The van der Waals surface area contributed by atoms with E-state index in [4.69, 9.17) is 0 Å². The molecule has 0 amide bonds. The molecule has 1 aromatic rings. The molecule has 5 heteroatoms. The molecule has 0 aliphatic rings. The summed E-state index contributed by atoms with van der Waals surface area (Å²) in [6, 6.07) is 0.271. The van der Waals surface area contributed by atoms with Crippen molar-refractivity contribution in [2.24, 2.45) is 0 Å². The van der Waals surface area contributed by atoms with Gasteiger partial charge in [-0.25, -0.2) is 13.8 Å². The van der Waals surface area contributed by atoms with Gasteiger partial charge in [0, 0.05) is 17.8 Å². The van der Waals surface area contributed by atoms with Crippen molar-refractivity contribution in [3.8, 4) is 0 Å².